The van der Waals surface area contributed by atoms with Crippen molar-refractivity contribution in [2.45, 2.75) is 6.42 Å². The zero-order valence-corrected chi connectivity index (χ0v) is 6.89. The van der Waals surface area contributed by atoms with Gasteiger partial charge in [0.05, 0.1) is 13.7 Å². The Kier molecular flexibility index (Phi) is 6.39. The molecule has 0 unspecified atom stereocenters. The molecule has 1 N–H and O–H groups in total. The van der Waals surface area contributed by atoms with Crippen molar-refractivity contribution in [1.29, 1.82) is 5.41 Å². The Morgan fingerprint density at radius 3 is 2.82 bits per heavy atom. The second kappa shape index (κ2) is 7.06. The van der Waals surface area contributed by atoms with Crippen LogP contribution in [-0.4, -0.2) is 26.7 Å². The molecule has 0 aliphatic heterocycles. The van der Waals surface area contributed by atoms with Gasteiger partial charge in [-0.2, -0.15) is 0 Å². The first kappa shape index (κ1) is 9.95. The van der Waals surface area contributed by atoms with Crippen molar-refractivity contribution in [3.63, 3.8) is 0 Å². The molecule has 0 aromatic rings. The van der Waals surface area contributed by atoms with E-state index in [1.54, 1.807) is 13.2 Å². The van der Waals surface area contributed by atoms with Gasteiger partial charge in [0.1, 0.15) is 0 Å². The van der Waals surface area contributed by atoms with Gasteiger partial charge >= 0.3 is 0 Å². The van der Waals surface area contributed by atoms with Crippen molar-refractivity contribution in [2.75, 3.05) is 20.8 Å². The monoisotopic (exact) mass is 155 g/mol. The van der Waals surface area contributed by atoms with Gasteiger partial charge < -0.3 is 9.47 Å². The van der Waals surface area contributed by atoms with Crippen LogP contribution in [-0.2, 0) is 9.47 Å². The average molecular weight is 155 g/mol. The summed E-state index contributed by atoms with van der Waals surface area (Å²) in [6.45, 7) is 0.682. The summed E-state index contributed by atoms with van der Waals surface area (Å²) in [4.78, 5) is 0. The molecule has 0 fully saturated rings. The fraction of sp³-hybridized carbons (Fsp3) is 0.500. The van der Waals surface area contributed by atoms with Crippen LogP contribution in [0.1, 0.15) is 6.42 Å². The predicted molar refractivity (Wildman–Crippen MR) is 43.9 cm³/mol. The van der Waals surface area contributed by atoms with Crippen molar-refractivity contribution in [3.8, 4) is 0 Å². The smallest absolute Gasteiger partial charge is 0.213 e. The quantitative estimate of drug-likeness (QED) is 0.288. The zero-order chi connectivity index (χ0) is 8.53. The number of rotatable bonds is 4. The van der Waals surface area contributed by atoms with Gasteiger partial charge in [0.2, 0.25) is 5.90 Å². The van der Waals surface area contributed by atoms with Crippen LogP contribution in [0.5, 0.6) is 0 Å². The molecule has 0 aromatic heterocycles. The Labute approximate surface area is 66.8 Å². The van der Waals surface area contributed by atoms with Crippen LogP contribution in [0.2, 0.25) is 0 Å². The molecule has 3 heteroatoms. The summed E-state index contributed by atoms with van der Waals surface area (Å²) in [7, 11) is 3.10. The van der Waals surface area contributed by atoms with Crippen molar-refractivity contribution < 1.29 is 9.47 Å². The first-order chi connectivity index (χ1) is 5.31. The summed E-state index contributed by atoms with van der Waals surface area (Å²) in [5, 5.41) is 7.03. The Morgan fingerprint density at radius 2 is 2.27 bits per heavy atom. The fourth-order valence-electron chi connectivity index (χ4n) is 0.454. The van der Waals surface area contributed by atoms with E-state index >= 15 is 0 Å². The molecule has 0 heterocycles. The van der Waals surface area contributed by atoms with E-state index in [9.17, 15) is 0 Å². The maximum Gasteiger partial charge on any atom is 0.213 e. The molecular weight excluding hydrogens is 142 g/mol. The molecule has 3 nitrogen and oxygen atoms in total. The van der Waals surface area contributed by atoms with Crippen LogP contribution in [0.4, 0.5) is 0 Å². The maximum absolute atomic E-state index is 7.03. The number of hydrogen-bond acceptors (Lipinski definition) is 3. The van der Waals surface area contributed by atoms with E-state index in [1.807, 2.05) is 0 Å². The lowest BCUT2D eigenvalue weighted by Crippen LogP contribution is -1.90. The van der Waals surface area contributed by atoms with Crippen molar-refractivity contribution in [3.05, 3.63) is 17.9 Å². The molecule has 0 amide bonds. The van der Waals surface area contributed by atoms with Gasteiger partial charge in [0.15, 0.2) is 0 Å². The van der Waals surface area contributed by atoms with Gasteiger partial charge in [-0.15, -0.1) is 5.73 Å². The predicted octanol–water partition coefficient (Wildman–Crippen LogP) is 1.36. The highest BCUT2D eigenvalue weighted by Crippen LogP contribution is 1.81. The van der Waals surface area contributed by atoms with Crippen LogP contribution in [0.3, 0.4) is 0 Å². The maximum atomic E-state index is 7.03. The van der Waals surface area contributed by atoms with Gasteiger partial charge in [-0.05, 0) is 12.5 Å². The van der Waals surface area contributed by atoms with Crippen LogP contribution in [0.15, 0.2) is 17.9 Å². The van der Waals surface area contributed by atoms with E-state index in [4.69, 9.17) is 10.1 Å². The second-order valence-electron chi connectivity index (χ2n) is 1.86. The van der Waals surface area contributed by atoms with Crippen LogP contribution in [0, 0.1) is 5.41 Å². The third kappa shape index (κ3) is 6.84. The highest BCUT2D eigenvalue weighted by atomic mass is 16.5. The van der Waals surface area contributed by atoms with Gasteiger partial charge in [0, 0.05) is 13.2 Å². The third-order valence-electron chi connectivity index (χ3n) is 1.02. The normalized spacial score (nSPS) is 8.18. The second-order valence-corrected chi connectivity index (χ2v) is 1.86. The largest absolute Gasteiger partial charge is 0.481 e. The summed E-state index contributed by atoms with van der Waals surface area (Å²) in [6.07, 6.45) is 4.08. The lowest BCUT2D eigenvalue weighted by atomic mass is 10.4. The molecular formula is C8H13NO2. The van der Waals surface area contributed by atoms with E-state index in [-0.39, 0.29) is 5.90 Å². The van der Waals surface area contributed by atoms with Crippen molar-refractivity contribution in [2.24, 2.45) is 0 Å². The molecule has 0 rings (SSSR count). The lowest BCUT2D eigenvalue weighted by Gasteiger charge is -1.89. The van der Waals surface area contributed by atoms with E-state index in [2.05, 4.69) is 10.5 Å². The molecule has 0 bridgehead atoms. The molecule has 0 aliphatic carbocycles. The molecule has 0 saturated heterocycles. The summed E-state index contributed by atoms with van der Waals surface area (Å²) in [5.74, 6) is 0.110. The summed E-state index contributed by atoms with van der Waals surface area (Å²) >= 11 is 0. The molecule has 0 aliphatic rings. The molecule has 0 radical (unpaired) electrons. The van der Waals surface area contributed by atoms with Crippen LogP contribution < -0.4 is 0 Å². The lowest BCUT2D eigenvalue weighted by molar-refractivity contribution is 0.204. The van der Waals surface area contributed by atoms with Crippen LogP contribution in [0.25, 0.3) is 0 Å². The van der Waals surface area contributed by atoms with E-state index < -0.39 is 0 Å². The van der Waals surface area contributed by atoms with Crippen LogP contribution >= 0.6 is 0 Å². The minimum atomic E-state index is 0.110. The first-order valence-corrected chi connectivity index (χ1v) is 3.33. The molecule has 11 heavy (non-hydrogen) atoms. The molecule has 0 spiro atoms. The Balaban J connectivity index is 3.54. The average Bonchev–Trinajstić information content (AvgIpc) is 2.04. The van der Waals surface area contributed by atoms with Gasteiger partial charge in [-0.25, -0.2) is 0 Å². The Morgan fingerprint density at radius 1 is 1.55 bits per heavy atom. The zero-order valence-electron chi connectivity index (χ0n) is 6.89. The Bertz CT molecular complexity index is 169. The SMILES string of the molecule is COCCC=C=CC(=N)OC. The van der Waals surface area contributed by atoms with Gasteiger partial charge in [-0.1, -0.05) is 0 Å². The molecule has 0 atom stereocenters. The van der Waals surface area contributed by atoms with E-state index in [0.29, 0.717) is 6.61 Å². The standard InChI is InChI=1S/C8H13NO2/c1-10-7-5-3-4-6-8(9)11-2/h3,6,9H,5,7H2,1-2H3. The molecule has 0 aromatic carbocycles. The topological polar surface area (TPSA) is 42.3 Å². The Hall–Kier alpha value is -1.05. The number of nitrogens with one attached hydrogen (secondary N) is 1. The number of ether oxygens (including phenoxy) is 2. The molecule has 0 saturated carbocycles. The van der Waals surface area contributed by atoms with Gasteiger partial charge in [0.25, 0.3) is 0 Å². The molecule has 62 valence electrons. The van der Waals surface area contributed by atoms with E-state index in [0.717, 1.165) is 6.42 Å². The minimum absolute atomic E-state index is 0.110. The summed E-state index contributed by atoms with van der Waals surface area (Å²) in [6, 6.07) is 0. The van der Waals surface area contributed by atoms with E-state index in [1.165, 1.54) is 13.2 Å². The minimum Gasteiger partial charge on any atom is -0.481 e. The third-order valence-corrected chi connectivity index (χ3v) is 1.02. The number of hydrogen-bond donors (Lipinski definition) is 1. The summed E-state index contributed by atoms with van der Waals surface area (Å²) in [5.41, 5.74) is 2.79. The van der Waals surface area contributed by atoms with Gasteiger partial charge in [-0.3, -0.25) is 5.41 Å². The van der Waals surface area contributed by atoms with Crippen molar-refractivity contribution >= 4 is 5.90 Å². The van der Waals surface area contributed by atoms with Crippen molar-refractivity contribution in [1.82, 2.24) is 0 Å². The fourth-order valence-corrected chi connectivity index (χ4v) is 0.454. The number of methoxy groups -OCH3 is 2. The summed E-state index contributed by atoms with van der Waals surface area (Å²) < 4.78 is 9.38. The highest BCUT2D eigenvalue weighted by Gasteiger charge is 1.80. The first-order valence-electron chi connectivity index (χ1n) is 3.33. The highest BCUT2D eigenvalue weighted by molar-refractivity contribution is 5.84.